The van der Waals surface area contributed by atoms with Crippen LogP contribution in [-0.4, -0.2) is 38.4 Å². The number of aliphatic hydroxyl groups excluding tert-OH is 1. The van der Waals surface area contributed by atoms with Crippen molar-refractivity contribution in [1.29, 1.82) is 0 Å². The van der Waals surface area contributed by atoms with Crippen LogP contribution in [0.2, 0.25) is 0 Å². The third-order valence-electron chi connectivity index (χ3n) is 4.83. The average molecular weight is 334 g/mol. The summed E-state index contributed by atoms with van der Waals surface area (Å²) in [6.45, 7) is 1.41. The molecule has 0 saturated carbocycles. The Labute approximate surface area is 147 Å². The molecule has 0 fully saturated rings. The largest absolute Gasteiger partial charge is 0.394 e. The SMILES string of the molecule is CN1Cc2ccccc2CC1c1nc(-c2ccccc2)nn1CCO. The predicted molar refractivity (Wildman–Crippen MR) is 96.9 cm³/mol. The number of hydrogen-bond acceptors (Lipinski definition) is 4. The van der Waals surface area contributed by atoms with Crippen LogP contribution in [0, 0.1) is 0 Å². The molecule has 0 amide bonds. The van der Waals surface area contributed by atoms with Crippen LogP contribution >= 0.6 is 0 Å². The Kier molecular flexibility index (Phi) is 4.34. The van der Waals surface area contributed by atoms with E-state index in [1.54, 1.807) is 0 Å². The quantitative estimate of drug-likeness (QED) is 0.797. The molecule has 5 heteroatoms. The zero-order chi connectivity index (χ0) is 17.2. The van der Waals surface area contributed by atoms with Gasteiger partial charge in [0.1, 0.15) is 5.82 Å². The summed E-state index contributed by atoms with van der Waals surface area (Å²) in [6.07, 6.45) is 0.908. The maximum atomic E-state index is 9.44. The fourth-order valence-corrected chi connectivity index (χ4v) is 3.51. The minimum absolute atomic E-state index is 0.0532. The number of rotatable bonds is 4. The summed E-state index contributed by atoms with van der Waals surface area (Å²) >= 11 is 0. The molecule has 2 aromatic carbocycles. The van der Waals surface area contributed by atoms with Crippen LogP contribution < -0.4 is 0 Å². The molecule has 4 rings (SSSR count). The first-order chi connectivity index (χ1) is 12.3. The highest BCUT2D eigenvalue weighted by molar-refractivity contribution is 5.54. The number of nitrogens with zero attached hydrogens (tertiary/aromatic N) is 4. The van der Waals surface area contributed by atoms with Crippen LogP contribution in [0.25, 0.3) is 11.4 Å². The lowest BCUT2D eigenvalue weighted by Crippen LogP contribution is -2.33. The van der Waals surface area contributed by atoms with Gasteiger partial charge in [-0.3, -0.25) is 4.90 Å². The molecule has 3 aromatic rings. The summed E-state index contributed by atoms with van der Waals surface area (Å²) in [5, 5.41) is 14.1. The molecular formula is C20H22N4O. The molecule has 0 saturated heterocycles. The molecule has 1 atom stereocenters. The van der Waals surface area contributed by atoms with Crippen LogP contribution in [0.3, 0.4) is 0 Å². The summed E-state index contributed by atoms with van der Waals surface area (Å²) in [6, 6.07) is 18.7. The molecule has 2 heterocycles. The van der Waals surface area contributed by atoms with E-state index in [1.165, 1.54) is 11.1 Å². The van der Waals surface area contributed by atoms with E-state index in [0.29, 0.717) is 6.54 Å². The number of benzene rings is 2. The maximum Gasteiger partial charge on any atom is 0.181 e. The molecule has 1 unspecified atom stereocenters. The Morgan fingerprint density at radius 3 is 2.52 bits per heavy atom. The van der Waals surface area contributed by atoms with Crippen molar-refractivity contribution in [2.75, 3.05) is 13.7 Å². The highest BCUT2D eigenvalue weighted by atomic mass is 16.3. The van der Waals surface area contributed by atoms with Crippen LogP contribution in [-0.2, 0) is 19.5 Å². The van der Waals surface area contributed by atoms with E-state index in [4.69, 9.17) is 4.98 Å². The standard InChI is InChI=1S/C20H22N4O/c1-23-14-17-10-6-5-9-16(17)13-18(23)20-21-19(22-24(20)11-12-25)15-7-3-2-4-8-15/h2-10,18,25H,11-14H2,1H3. The van der Waals surface area contributed by atoms with Gasteiger partial charge in [-0.2, -0.15) is 5.10 Å². The summed E-state index contributed by atoms with van der Waals surface area (Å²) < 4.78 is 1.86. The van der Waals surface area contributed by atoms with Gasteiger partial charge in [0.2, 0.25) is 0 Å². The summed E-state index contributed by atoms with van der Waals surface area (Å²) in [5.74, 6) is 1.64. The smallest absolute Gasteiger partial charge is 0.181 e. The highest BCUT2D eigenvalue weighted by Gasteiger charge is 2.29. The molecule has 25 heavy (non-hydrogen) atoms. The minimum Gasteiger partial charge on any atom is -0.394 e. The number of likely N-dealkylation sites (N-methyl/N-ethyl adjacent to an activating group) is 1. The molecule has 0 spiro atoms. The van der Waals surface area contributed by atoms with E-state index >= 15 is 0 Å². The van der Waals surface area contributed by atoms with Crippen LogP contribution in [0.4, 0.5) is 0 Å². The second kappa shape index (κ2) is 6.78. The number of hydrogen-bond donors (Lipinski definition) is 1. The molecule has 1 aliphatic heterocycles. The van der Waals surface area contributed by atoms with Crippen molar-refractivity contribution in [2.24, 2.45) is 0 Å². The molecule has 0 bridgehead atoms. The van der Waals surface area contributed by atoms with Crippen LogP contribution in [0.1, 0.15) is 23.0 Å². The Balaban J connectivity index is 1.73. The summed E-state index contributed by atoms with van der Waals surface area (Å²) in [7, 11) is 2.13. The van der Waals surface area contributed by atoms with Crippen molar-refractivity contribution in [2.45, 2.75) is 25.6 Å². The van der Waals surface area contributed by atoms with Gasteiger partial charge in [-0.25, -0.2) is 9.67 Å². The lowest BCUT2D eigenvalue weighted by atomic mass is 9.94. The highest BCUT2D eigenvalue weighted by Crippen LogP contribution is 2.32. The Morgan fingerprint density at radius 2 is 1.76 bits per heavy atom. The van der Waals surface area contributed by atoms with E-state index in [-0.39, 0.29) is 12.6 Å². The zero-order valence-electron chi connectivity index (χ0n) is 14.3. The first-order valence-corrected chi connectivity index (χ1v) is 8.64. The molecule has 5 nitrogen and oxygen atoms in total. The number of fused-ring (bicyclic) bond motifs is 1. The Hall–Kier alpha value is -2.50. The van der Waals surface area contributed by atoms with Gasteiger partial charge in [-0.1, -0.05) is 54.6 Å². The van der Waals surface area contributed by atoms with Crippen molar-refractivity contribution in [3.05, 3.63) is 71.5 Å². The number of aliphatic hydroxyl groups is 1. The Morgan fingerprint density at radius 1 is 1.04 bits per heavy atom. The van der Waals surface area contributed by atoms with Gasteiger partial charge in [0, 0.05) is 12.1 Å². The zero-order valence-corrected chi connectivity index (χ0v) is 14.3. The molecule has 0 radical (unpaired) electrons. The molecule has 1 N–H and O–H groups in total. The van der Waals surface area contributed by atoms with Crippen molar-refractivity contribution < 1.29 is 5.11 Å². The topological polar surface area (TPSA) is 54.2 Å². The van der Waals surface area contributed by atoms with E-state index in [2.05, 4.69) is 41.3 Å². The molecule has 128 valence electrons. The fraction of sp³-hybridized carbons (Fsp3) is 0.300. The minimum atomic E-state index is 0.0532. The Bertz CT molecular complexity index is 859. The fourth-order valence-electron chi connectivity index (χ4n) is 3.51. The monoisotopic (exact) mass is 334 g/mol. The lowest BCUT2D eigenvalue weighted by Gasteiger charge is -2.33. The van der Waals surface area contributed by atoms with E-state index in [1.807, 2.05) is 35.0 Å². The van der Waals surface area contributed by atoms with Gasteiger partial charge in [0.05, 0.1) is 19.2 Å². The third kappa shape index (κ3) is 3.08. The van der Waals surface area contributed by atoms with Crippen molar-refractivity contribution in [3.8, 4) is 11.4 Å². The van der Waals surface area contributed by atoms with Gasteiger partial charge in [0.15, 0.2) is 5.82 Å². The molecular weight excluding hydrogens is 312 g/mol. The first kappa shape index (κ1) is 16.0. The lowest BCUT2D eigenvalue weighted by molar-refractivity contribution is 0.196. The van der Waals surface area contributed by atoms with Crippen LogP contribution in [0.5, 0.6) is 0 Å². The average Bonchev–Trinajstić information content (AvgIpc) is 3.06. The van der Waals surface area contributed by atoms with E-state index in [9.17, 15) is 5.11 Å². The normalized spacial score (nSPS) is 17.4. The van der Waals surface area contributed by atoms with Crippen molar-refractivity contribution in [3.63, 3.8) is 0 Å². The molecule has 0 aliphatic carbocycles. The van der Waals surface area contributed by atoms with Gasteiger partial charge in [-0.05, 0) is 24.6 Å². The van der Waals surface area contributed by atoms with Crippen molar-refractivity contribution in [1.82, 2.24) is 19.7 Å². The van der Waals surface area contributed by atoms with Crippen molar-refractivity contribution >= 4 is 0 Å². The number of aromatic nitrogens is 3. The van der Waals surface area contributed by atoms with Gasteiger partial charge in [0.25, 0.3) is 0 Å². The predicted octanol–water partition coefficient (Wildman–Crippen LogP) is 2.67. The van der Waals surface area contributed by atoms with Gasteiger partial charge >= 0.3 is 0 Å². The first-order valence-electron chi connectivity index (χ1n) is 8.64. The molecule has 1 aliphatic rings. The second-order valence-electron chi connectivity index (χ2n) is 6.51. The maximum absolute atomic E-state index is 9.44. The second-order valence-corrected chi connectivity index (χ2v) is 6.51. The third-order valence-corrected chi connectivity index (χ3v) is 4.83. The summed E-state index contributed by atoms with van der Waals surface area (Å²) in [5.41, 5.74) is 3.74. The summed E-state index contributed by atoms with van der Waals surface area (Å²) in [4.78, 5) is 7.16. The van der Waals surface area contributed by atoms with Gasteiger partial charge in [-0.15, -0.1) is 0 Å². The van der Waals surface area contributed by atoms with Crippen LogP contribution in [0.15, 0.2) is 54.6 Å². The molecule has 1 aromatic heterocycles. The van der Waals surface area contributed by atoms with E-state index < -0.39 is 0 Å². The van der Waals surface area contributed by atoms with E-state index in [0.717, 1.165) is 30.2 Å². The van der Waals surface area contributed by atoms with Gasteiger partial charge < -0.3 is 5.11 Å².